The van der Waals surface area contributed by atoms with Crippen LogP contribution in [0.25, 0.3) is 11.1 Å². The quantitative estimate of drug-likeness (QED) is 0.528. The highest BCUT2D eigenvalue weighted by molar-refractivity contribution is 7.92. The molecule has 1 atom stereocenters. The van der Waals surface area contributed by atoms with Gasteiger partial charge < -0.3 is 14.6 Å². The number of hydrogen-bond donors (Lipinski definition) is 2. The van der Waals surface area contributed by atoms with E-state index in [-0.39, 0.29) is 10.5 Å². The fraction of sp³-hybridized carbons (Fsp3) is 0.208. The summed E-state index contributed by atoms with van der Waals surface area (Å²) in [6, 6.07) is 19.9. The van der Waals surface area contributed by atoms with Gasteiger partial charge in [0.15, 0.2) is 0 Å². The molecule has 1 fully saturated rings. The van der Waals surface area contributed by atoms with Crippen molar-refractivity contribution in [1.29, 1.82) is 0 Å². The lowest BCUT2D eigenvalue weighted by Gasteiger charge is -2.15. The Morgan fingerprint density at radius 2 is 1.84 bits per heavy atom. The lowest BCUT2D eigenvalue weighted by molar-refractivity contribution is 0.0696. The fourth-order valence-corrected chi connectivity index (χ4v) is 4.59. The molecule has 0 saturated carbocycles. The predicted octanol–water partition coefficient (Wildman–Crippen LogP) is 4.27. The number of benzene rings is 3. The van der Waals surface area contributed by atoms with Gasteiger partial charge in [0, 0.05) is 23.8 Å². The number of para-hydroxylation sites is 1. The molecule has 8 heteroatoms. The summed E-state index contributed by atoms with van der Waals surface area (Å²) >= 11 is 0. The monoisotopic (exact) mass is 453 g/mol. The van der Waals surface area contributed by atoms with E-state index in [9.17, 15) is 13.2 Å². The van der Waals surface area contributed by atoms with Gasteiger partial charge in [-0.15, -0.1) is 0 Å². The molecule has 0 bridgehead atoms. The van der Waals surface area contributed by atoms with Crippen LogP contribution in [0.3, 0.4) is 0 Å². The van der Waals surface area contributed by atoms with E-state index in [4.69, 9.17) is 14.6 Å². The first-order valence-electron chi connectivity index (χ1n) is 10.2. The summed E-state index contributed by atoms with van der Waals surface area (Å²) in [5, 5.41) is 9.09. The second kappa shape index (κ2) is 9.42. The molecule has 2 N–H and O–H groups in total. The van der Waals surface area contributed by atoms with Crippen LogP contribution in [-0.4, -0.2) is 39.3 Å². The minimum atomic E-state index is -3.92. The van der Waals surface area contributed by atoms with Gasteiger partial charge in [0.25, 0.3) is 10.0 Å². The topological polar surface area (TPSA) is 102 Å². The molecule has 4 rings (SSSR count). The number of ether oxygens (including phenoxy) is 2. The van der Waals surface area contributed by atoms with Crippen molar-refractivity contribution in [3.63, 3.8) is 0 Å². The number of sulfonamides is 1. The Kier molecular flexibility index (Phi) is 6.43. The average molecular weight is 454 g/mol. The van der Waals surface area contributed by atoms with Gasteiger partial charge in [0.2, 0.25) is 0 Å². The Morgan fingerprint density at radius 1 is 1.06 bits per heavy atom. The number of nitrogens with one attached hydrogen (secondary N) is 1. The van der Waals surface area contributed by atoms with Gasteiger partial charge >= 0.3 is 5.97 Å². The number of carboxylic acid groups (broad SMARTS) is 1. The lowest BCUT2D eigenvalue weighted by atomic mass is 10.0. The molecule has 166 valence electrons. The van der Waals surface area contributed by atoms with Crippen molar-refractivity contribution in [2.45, 2.75) is 11.3 Å². The van der Waals surface area contributed by atoms with Gasteiger partial charge in [-0.2, -0.15) is 0 Å². The fourth-order valence-electron chi connectivity index (χ4n) is 3.48. The average Bonchev–Trinajstić information content (AvgIpc) is 3.32. The maximum Gasteiger partial charge on any atom is 0.335 e. The minimum Gasteiger partial charge on any atom is -0.493 e. The summed E-state index contributed by atoms with van der Waals surface area (Å²) in [4.78, 5) is 11.0. The largest absolute Gasteiger partial charge is 0.493 e. The van der Waals surface area contributed by atoms with Crippen molar-refractivity contribution < 1.29 is 27.8 Å². The van der Waals surface area contributed by atoms with Crippen LogP contribution in [0.2, 0.25) is 0 Å². The molecule has 0 spiro atoms. The summed E-state index contributed by atoms with van der Waals surface area (Å²) in [7, 11) is -3.92. The Morgan fingerprint density at radius 3 is 2.56 bits per heavy atom. The van der Waals surface area contributed by atoms with E-state index in [1.54, 1.807) is 12.1 Å². The van der Waals surface area contributed by atoms with E-state index in [2.05, 4.69) is 4.72 Å². The first kappa shape index (κ1) is 21.9. The van der Waals surface area contributed by atoms with Crippen molar-refractivity contribution in [1.82, 2.24) is 0 Å². The second-order valence-electron chi connectivity index (χ2n) is 7.55. The third-order valence-corrected chi connectivity index (χ3v) is 6.60. The molecule has 3 aromatic carbocycles. The smallest absolute Gasteiger partial charge is 0.335 e. The number of aromatic carboxylic acids is 1. The third kappa shape index (κ3) is 5.09. The Balaban J connectivity index is 1.50. The summed E-state index contributed by atoms with van der Waals surface area (Å²) in [6.07, 6.45) is 0.992. The molecular weight excluding hydrogens is 430 g/mol. The van der Waals surface area contributed by atoms with Crippen LogP contribution in [0.15, 0.2) is 77.7 Å². The summed E-state index contributed by atoms with van der Waals surface area (Å²) in [6.45, 7) is 2.07. The van der Waals surface area contributed by atoms with Gasteiger partial charge in [-0.05, 0) is 48.4 Å². The van der Waals surface area contributed by atoms with Crippen LogP contribution in [-0.2, 0) is 14.8 Å². The third-order valence-electron chi connectivity index (χ3n) is 5.22. The summed E-state index contributed by atoms with van der Waals surface area (Å²) in [5.74, 6) is -0.0366. The van der Waals surface area contributed by atoms with E-state index >= 15 is 0 Å². The van der Waals surface area contributed by atoms with E-state index in [0.717, 1.165) is 36.0 Å². The van der Waals surface area contributed by atoms with Crippen molar-refractivity contribution in [3.05, 3.63) is 78.4 Å². The zero-order valence-corrected chi connectivity index (χ0v) is 18.0. The van der Waals surface area contributed by atoms with Gasteiger partial charge in [0.05, 0.1) is 23.7 Å². The molecule has 7 nitrogen and oxygen atoms in total. The zero-order chi connectivity index (χ0) is 22.6. The normalized spacial score (nSPS) is 15.9. The molecular formula is C24H23NO6S. The van der Waals surface area contributed by atoms with Crippen LogP contribution < -0.4 is 9.46 Å². The van der Waals surface area contributed by atoms with E-state index in [0.29, 0.717) is 24.8 Å². The molecule has 32 heavy (non-hydrogen) atoms. The van der Waals surface area contributed by atoms with Crippen LogP contribution in [0, 0.1) is 5.92 Å². The second-order valence-corrected chi connectivity index (χ2v) is 9.24. The molecule has 1 aliphatic rings. The first-order valence-corrected chi connectivity index (χ1v) is 11.7. The lowest BCUT2D eigenvalue weighted by Crippen LogP contribution is -2.13. The van der Waals surface area contributed by atoms with Crippen molar-refractivity contribution in [3.8, 4) is 16.9 Å². The highest BCUT2D eigenvalue weighted by atomic mass is 32.2. The van der Waals surface area contributed by atoms with Crippen molar-refractivity contribution >= 4 is 21.7 Å². The minimum absolute atomic E-state index is 0.0935. The molecule has 0 aromatic heterocycles. The van der Waals surface area contributed by atoms with Crippen LogP contribution in [0.1, 0.15) is 16.8 Å². The van der Waals surface area contributed by atoms with Crippen LogP contribution >= 0.6 is 0 Å². The molecule has 3 aromatic rings. The van der Waals surface area contributed by atoms with Gasteiger partial charge in [-0.1, -0.05) is 36.4 Å². The number of carbonyl (C=O) groups is 1. The van der Waals surface area contributed by atoms with Crippen molar-refractivity contribution in [2.75, 3.05) is 24.5 Å². The highest BCUT2D eigenvalue weighted by Crippen LogP contribution is 2.31. The number of carboxylic acids is 1. The maximum atomic E-state index is 12.7. The molecule has 1 heterocycles. The molecule has 0 aliphatic carbocycles. The molecule has 1 aliphatic heterocycles. The molecule has 1 saturated heterocycles. The maximum absolute atomic E-state index is 12.7. The molecule has 0 amide bonds. The standard InChI is InChI=1S/C24H23NO6S/c26-24(27)19-4-3-5-21(14-19)32(28,29)25-20-10-8-18(9-11-20)22-6-1-2-7-23(22)31-16-17-12-13-30-15-17/h1-11,14,17,25H,12-13,15-16H2,(H,26,27). The van der Waals surface area contributed by atoms with Crippen molar-refractivity contribution in [2.24, 2.45) is 5.92 Å². The van der Waals surface area contributed by atoms with E-state index in [1.165, 1.54) is 18.2 Å². The Bertz CT molecular complexity index is 1200. The summed E-state index contributed by atoms with van der Waals surface area (Å²) < 4.78 is 39.2. The Hall–Kier alpha value is -3.36. The van der Waals surface area contributed by atoms with Crippen LogP contribution in [0.4, 0.5) is 5.69 Å². The zero-order valence-electron chi connectivity index (χ0n) is 17.2. The van der Waals surface area contributed by atoms with E-state index in [1.807, 2.05) is 36.4 Å². The molecule has 0 radical (unpaired) electrons. The number of hydrogen-bond acceptors (Lipinski definition) is 5. The van der Waals surface area contributed by atoms with Gasteiger partial charge in [-0.25, -0.2) is 13.2 Å². The van der Waals surface area contributed by atoms with Gasteiger partial charge in [-0.3, -0.25) is 4.72 Å². The Labute approximate surface area is 186 Å². The van der Waals surface area contributed by atoms with E-state index < -0.39 is 16.0 Å². The summed E-state index contributed by atoms with van der Waals surface area (Å²) in [5.41, 5.74) is 2.08. The molecule has 1 unspecified atom stereocenters. The predicted molar refractivity (Wildman–Crippen MR) is 121 cm³/mol. The van der Waals surface area contributed by atoms with Gasteiger partial charge in [0.1, 0.15) is 5.75 Å². The number of rotatable bonds is 8. The highest BCUT2D eigenvalue weighted by Gasteiger charge is 2.18. The SMILES string of the molecule is O=C(O)c1cccc(S(=O)(=O)Nc2ccc(-c3ccccc3OCC3CCOC3)cc2)c1. The first-order chi connectivity index (χ1) is 15.4. The van der Waals surface area contributed by atoms with Crippen LogP contribution in [0.5, 0.6) is 5.75 Å². The number of anilines is 1.